The zero-order chi connectivity index (χ0) is 14.7. The Morgan fingerprint density at radius 1 is 1.26 bits per heavy atom. The molecule has 7 heteroatoms. The summed E-state index contributed by atoms with van der Waals surface area (Å²) in [6.45, 7) is 8.37. The molecule has 2 amide bonds. The Kier molecular flexibility index (Phi) is 5.20. The predicted octanol–water partition coefficient (Wildman–Crippen LogP) is 0.898. The number of hydrogen-bond acceptors (Lipinski definition) is 3. The van der Waals surface area contributed by atoms with Gasteiger partial charge < -0.3 is 10.6 Å². The number of carbonyl (C=O) groups is 1. The molecule has 1 saturated heterocycles. The van der Waals surface area contributed by atoms with Gasteiger partial charge in [0, 0.05) is 24.7 Å². The highest BCUT2D eigenvalue weighted by Gasteiger charge is 2.27. The fraction of sp³-hybridized carbons (Fsp3) is 0.917. The molecule has 0 saturated carbocycles. The van der Waals surface area contributed by atoms with Gasteiger partial charge in [-0.1, -0.05) is 0 Å². The van der Waals surface area contributed by atoms with Gasteiger partial charge in [-0.3, -0.25) is 0 Å². The molecular formula is C12H25N3O3S. The van der Waals surface area contributed by atoms with Crippen LogP contribution in [0, 0.1) is 0 Å². The molecule has 0 aromatic carbocycles. The van der Waals surface area contributed by atoms with Crippen molar-refractivity contribution in [2.45, 2.75) is 52.1 Å². The van der Waals surface area contributed by atoms with E-state index in [0.29, 0.717) is 25.9 Å². The Balaban J connectivity index is 2.41. The minimum absolute atomic E-state index is 0.0469. The van der Waals surface area contributed by atoms with Crippen molar-refractivity contribution in [3.63, 3.8) is 0 Å². The van der Waals surface area contributed by atoms with Gasteiger partial charge in [0.15, 0.2) is 0 Å². The summed E-state index contributed by atoms with van der Waals surface area (Å²) in [5.74, 6) is 0.135. The third kappa shape index (κ3) is 5.36. The monoisotopic (exact) mass is 291 g/mol. The third-order valence-electron chi connectivity index (χ3n) is 3.04. The lowest BCUT2D eigenvalue weighted by Crippen LogP contribution is -2.52. The molecule has 0 unspecified atom stereocenters. The maximum absolute atomic E-state index is 11.7. The van der Waals surface area contributed by atoms with E-state index in [2.05, 4.69) is 10.6 Å². The van der Waals surface area contributed by atoms with Crippen LogP contribution < -0.4 is 10.6 Å². The summed E-state index contributed by atoms with van der Waals surface area (Å²) >= 11 is 0. The highest BCUT2D eigenvalue weighted by Crippen LogP contribution is 2.14. The highest BCUT2D eigenvalue weighted by atomic mass is 32.2. The first-order valence-electron chi connectivity index (χ1n) is 6.70. The lowest BCUT2D eigenvalue weighted by Gasteiger charge is -2.32. The molecule has 19 heavy (non-hydrogen) atoms. The largest absolute Gasteiger partial charge is 0.335 e. The second-order valence-electron chi connectivity index (χ2n) is 5.92. The summed E-state index contributed by atoms with van der Waals surface area (Å²) in [6.07, 6.45) is 1.33. The smallest absolute Gasteiger partial charge is 0.315 e. The summed E-state index contributed by atoms with van der Waals surface area (Å²) in [7, 11) is -3.10. The standard InChI is InChI=1S/C12H25N3O3S/c1-5-19(17,18)15-8-6-10(7-9-15)13-11(16)14-12(2,3)4/h10H,5-9H2,1-4H3,(H2,13,14,16). The van der Waals surface area contributed by atoms with E-state index in [0.717, 1.165) is 0 Å². The average Bonchev–Trinajstić information content (AvgIpc) is 2.27. The van der Waals surface area contributed by atoms with Gasteiger partial charge in [0.05, 0.1) is 5.75 Å². The molecule has 1 heterocycles. The van der Waals surface area contributed by atoms with Crippen LogP contribution in [0.25, 0.3) is 0 Å². The predicted molar refractivity (Wildman–Crippen MR) is 75.5 cm³/mol. The van der Waals surface area contributed by atoms with E-state index < -0.39 is 10.0 Å². The van der Waals surface area contributed by atoms with Crippen LogP contribution in [0.3, 0.4) is 0 Å². The van der Waals surface area contributed by atoms with Crippen LogP contribution in [0.1, 0.15) is 40.5 Å². The molecule has 1 aliphatic heterocycles. The SMILES string of the molecule is CCS(=O)(=O)N1CCC(NC(=O)NC(C)(C)C)CC1. The molecule has 1 fully saturated rings. The summed E-state index contributed by atoms with van der Waals surface area (Å²) in [5.41, 5.74) is -0.268. The van der Waals surface area contributed by atoms with Crippen LogP contribution in [0.4, 0.5) is 4.79 Å². The number of urea groups is 1. The van der Waals surface area contributed by atoms with E-state index in [-0.39, 0.29) is 23.4 Å². The molecule has 0 spiro atoms. The van der Waals surface area contributed by atoms with E-state index >= 15 is 0 Å². The normalized spacial score (nSPS) is 19.2. The Labute approximate surface area is 116 Å². The van der Waals surface area contributed by atoms with E-state index in [4.69, 9.17) is 0 Å². The van der Waals surface area contributed by atoms with Gasteiger partial charge >= 0.3 is 6.03 Å². The van der Waals surface area contributed by atoms with E-state index in [1.807, 2.05) is 20.8 Å². The summed E-state index contributed by atoms with van der Waals surface area (Å²) in [5, 5.41) is 5.73. The molecular weight excluding hydrogens is 266 g/mol. The van der Waals surface area contributed by atoms with E-state index in [9.17, 15) is 13.2 Å². The quantitative estimate of drug-likeness (QED) is 0.811. The number of piperidine rings is 1. The van der Waals surface area contributed by atoms with Gasteiger partial charge in [-0.15, -0.1) is 0 Å². The van der Waals surface area contributed by atoms with Crippen LogP contribution >= 0.6 is 0 Å². The van der Waals surface area contributed by atoms with Crippen LogP contribution in [0.5, 0.6) is 0 Å². The number of carbonyl (C=O) groups excluding carboxylic acids is 1. The first kappa shape index (κ1) is 16.2. The lowest BCUT2D eigenvalue weighted by atomic mass is 10.1. The summed E-state index contributed by atoms with van der Waals surface area (Å²) < 4.78 is 24.9. The fourth-order valence-electron chi connectivity index (χ4n) is 2.02. The number of hydrogen-bond donors (Lipinski definition) is 2. The average molecular weight is 291 g/mol. The number of rotatable bonds is 3. The summed E-state index contributed by atoms with van der Waals surface area (Å²) in [4.78, 5) is 11.7. The van der Waals surface area contributed by atoms with Crippen molar-refractivity contribution in [3.05, 3.63) is 0 Å². The lowest BCUT2D eigenvalue weighted by molar-refractivity contribution is 0.219. The van der Waals surface area contributed by atoms with E-state index in [1.165, 1.54) is 4.31 Å². The Morgan fingerprint density at radius 2 is 1.79 bits per heavy atom. The molecule has 0 atom stereocenters. The van der Waals surface area contributed by atoms with Gasteiger partial charge in [0.25, 0.3) is 0 Å². The van der Waals surface area contributed by atoms with Crippen LogP contribution in [0.15, 0.2) is 0 Å². The van der Waals surface area contributed by atoms with Crippen molar-refractivity contribution in [2.24, 2.45) is 0 Å². The van der Waals surface area contributed by atoms with Crippen molar-refractivity contribution < 1.29 is 13.2 Å². The highest BCUT2D eigenvalue weighted by molar-refractivity contribution is 7.89. The van der Waals surface area contributed by atoms with Crippen LogP contribution in [-0.4, -0.2) is 49.2 Å². The van der Waals surface area contributed by atoms with Crippen molar-refractivity contribution in [2.75, 3.05) is 18.8 Å². The number of sulfonamides is 1. The molecule has 0 radical (unpaired) electrons. The Morgan fingerprint density at radius 3 is 2.21 bits per heavy atom. The Bertz CT molecular complexity index is 406. The zero-order valence-corrected chi connectivity index (χ0v) is 13.0. The third-order valence-corrected chi connectivity index (χ3v) is 4.92. The molecule has 2 N–H and O–H groups in total. The number of amides is 2. The number of nitrogens with one attached hydrogen (secondary N) is 2. The van der Waals surface area contributed by atoms with Crippen molar-refractivity contribution >= 4 is 16.1 Å². The molecule has 0 aromatic heterocycles. The topological polar surface area (TPSA) is 78.5 Å². The fourth-order valence-corrected chi connectivity index (χ4v) is 3.16. The first-order chi connectivity index (χ1) is 8.64. The minimum atomic E-state index is -3.10. The second kappa shape index (κ2) is 6.09. The molecule has 112 valence electrons. The minimum Gasteiger partial charge on any atom is -0.335 e. The van der Waals surface area contributed by atoms with Crippen LogP contribution in [0.2, 0.25) is 0 Å². The molecule has 6 nitrogen and oxygen atoms in total. The van der Waals surface area contributed by atoms with Crippen LogP contribution in [-0.2, 0) is 10.0 Å². The molecule has 0 aromatic rings. The van der Waals surface area contributed by atoms with Crippen molar-refractivity contribution in [1.82, 2.24) is 14.9 Å². The zero-order valence-electron chi connectivity index (χ0n) is 12.2. The van der Waals surface area contributed by atoms with Gasteiger partial charge in [0.2, 0.25) is 10.0 Å². The Hall–Kier alpha value is -0.820. The molecule has 0 bridgehead atoms. The molecule has 0 aliphatic carbocycles. The maximum Gasteiger partial charge on any atom is 0.315 e. The van der Waals surface area contributed by atoms with Gasteiger partial charge in [-0.05, 0) is 40.5 Å². The summed E-state index contributed by atoms with van der Waals surface area (Å²) in [6, 6.07) is -0.144. The number of nitrogens with zero attached hydrogens (tertiary/aromatic N) is 1. The van der Waals surface area contributed by atoms with Gasteiger partial charge in [-0.2, -0.15) is 0 Å². The molecule has 1 rings (SSSR count). The van der Waals surface area contributed by atoms with Crippen molar-refractivity contribution in [3.8, 4) is 0 Å². The van der Waals surface area contributed by atoms with Gasteiger partial charge in [0.1, 0.15) is 0 Å². The first-order valence-corrected chi connectivity index (χ1v) is 8.31. The molecule has 1 aliphatic rings. The van der Waals surface area contributed by atoms with E-state index in [1.54, 1.807) is 6.92 Å². The van der Waals surface area contributed by atoms with Crippen molar-refractivity contribution in [1.29, 1.82) is 0 Å². The second-order valence-corrected chi connectivity index (χ2v) is 8.18. The van der Waals surface area contributed by atoms with Gasteiger partial charge in [-0.25, -0.2) is 17.5 Å². The maximum atomic E-state index is 11.7.